The predicted molar refractivity (Wildman–Crippen MR) is 104 cm³/mol. The molecule has 6 nitrogen and oxygen atoms in total. The standard InChI is InChI=1S/C21H22F2N4O2/c1-5-27-19(14-8-7-13(18(24)28)11-15(14)22)25-26-20(27)21(3,4)29-17-9-6-12(2)10-16(17)23/h6-11H,5H2,1-4H3,(H2,24,28). The largest absolute Gasteiger partial charge is 0.477 e. The molecule has 152 valence electrons. The number of aromatic nitrogens is 3. The van der Waals surface area contributed by atoms with Crippen LogP contribution in [0.25, 0.3) is 11.4 Å². The number of carbonyl (C=O) groups is 1. The van der Waals surface area contributed by atoms with Crippen molar-refractivity contribution in [1.29, 1.82) is 0 Å². The average molecular weight is 400 g/mol. The summed E-state index contributed by atoms with van der Waals surface area (Å²) in [6.45, 7) is 7.54. The number of amides is 1. The Bertz CT molecular complexity index is 1080. The Morgan fingerprint density at radius 2 is 1.86 bits per heavy atom. The fraction of sp³-hybridized carbons (Fsp3) is 0.286. The lowest BCUT2D eigenvalue weighted by Gasteiger charge is -2.26. The van der Waals surface area contributed by atoms with E-state index in [0.29, 0.717) is 12.4 Å². The number of primary amides is 1. The van der Waals surface area contributed by atoms with Crippen LogP contribution in [0, 0.1) is 18.6 Å². The molecule has 0 spiro atoms. The molecule has 1 aromatic heterocycles. The molecule has 2 N–H and O–H groups in total. The van der Waals surface area contributed by atoms with Gasteiger partial charge in [0.05, 0.1) is 5.56 Å². The van der Waals surface area contributed by atoms with Crippen molar-refractivity contribution in [2.24, 2.45) is 5.73 Å². The molecule has 0 saturated carbocycles. The summed E-state index contributed by atoms with van der Waals surface area (Å²) in [4.78, 5) is 11.3. The van der Waals surface area contributed by atoms with Gasteiger partial charge in [0.1, 0.15) is 5.82 Å². The van der Waals surface area contributed by atoms with Crippen molar-refractivity contribution < 1.29 is 18.3 Å². The van der Waals surface area contributed by atoms with Crippen LogP contribution in [0.1, 0.15) is 42.5 Å². The molecule has 0 aliphatic heterocycles. The van der Waals surface area contributed by atoms with Gasteiger partial charge in [-0.3, -0.25) is 4.79 Å². The van der Waals surface area contributed by atoms with Crippen LogP contribution >= 0.6 is 0 Å². The van der Waals surface area contributed by atoms with Crippen LogP contribution in [-0.4, -0.2) is 20.7 Å². The Morgan fingerprint density at radius 3 is 2.45 bits per heavy atom. The third-order valence-electron chi connectivity index (χ3n) is 4.55. The summed E-state index contributed by atoms with van der Waals surface area (Å²) in [6.07, 6.45) is 0. The van der Waals surface area contributed by atoms with Crippen LogP contribution in [-0.2, 0) is 12.1 Å². The van der Waals surface area contributed by atoms with Crippen LogP contribution in [0.2, 0.25) is 0 Å². The first kappa shape index (κ1) is 20.4. The maximum atomic E-state index is 14.6. The minimum absolute atomic E-state index is 0.0625. The number of carbonyl (C=O) groups excluding carboxylic acids is 1. The lowest BCUT2D eigenvalue weighted by molar-refractivity contribution is 0.0885. The fourth-order valence-corrected chi connectivity index (χ4v) is 3.11. The Morgan fingerprint density at radius 1 is 1.14 bits per heavy atom. The van der Waals surface area contributed by atoms with Crippen molar-refractivity contribution >= 4 is 5.91 Å². The molecule has 0 aliphatic rings. The highest BCUT2D eigenvalue weighted by Gasteiger charge is 2.32. The molecule has 29 heavy (non-hydrogen) atoms. The first-order valence-corrected chi connectivity index (χ1v) is 9.12. The lowest BCUT2D eigenvalue weighted by atomic mass is 10.1. The second-order valence-corrected chi connectivity index (χ2v) is 7.20. The molecule has 3 rings (SSSR count). The molecule has 0 aliphatic carbocycles. The van der Waals surface area contributed by atoms with Crippen molar-refractivity contribution in [3.05, 3.63) is 65.0 Å². The molecule has 1 heterocycles. The quantitative estimate of drug-likeness (QED) is 0.679. The summed E-state index contributed by atoms with van der Waals surface area (Å²) < 4.78 is 36.4. The highest BCUT2D eigenvalue weighted by molar-refractivity contribution is 5.93. The minimum Gasteiger partial charge on any atom is -0.477 e. The minimum atomic E-state index is -1.04. The highest BCUT2D eigenvalue weighted by Crippen LogP contribution is 2.32. The van der Waals surface area contributed by atoms with Crippen LogP contribution in [0.3, 0.4) is 0 Å². The number of hydrogen-bond donors (Lipinski definition) is 1. The van der Waals surface area contributed by atoms with Gasteiger partial charge in [-0.05, 0) is 63.6 Å². The van der Waals surface area contributed by atoms with Crippen molar-refractivity contribution in [1.82, 2.24) is 14.8 Å². The van der Waals surface area contributed by atoms with Gasteiger partial charge in [0, 0.05) is 12.1 Å². The van der Waals surface area contributed by atoms with Gasteiger partial charge < -0.3 is 15.0 Å². The molecule has 0 atom stereocenters. The van der Waals surface area contributed by atoms with E-state index in [1.54, 1.807) is 37.5 Å². The summed E-state index contributed by atoms with van der Waals surface area (Å²) in [7, 11) is 0. The van der Waals surface area contributed by atoms with Crippen molar-refractivity contribution in [3.8, 4) is 17.1 Å². The maximum Gasteiger partial charge on any atom is 0.248 e. The smallest absolute Gasteiger partial charge is 0.248 e. The number of ether oxygens (including phenoxy) is 1. The Kier molecular flexibility index (Phi) is 5.37. The summed E-state index contributed by atoms with van der Waals surface area (Å²) in [5.41, 5.74) is 5.17. The number of benzene rings is 2. The third kappa shape index (κ3) is 3.96. The van der Waals surface area contributed by atoms with Crippen LogP contribution in [0.5, 0.6) is 5.75 Å². The molecular weight excluding hydrogens is 378 g/mol. The van der Waals surface area contributed by atoms with E-state index in [-0.39, 0.29) is 22.7 Å². The van der Waals surface area contributed by atoms with E-state index in [4.69, 9.17) is 10.5 Å². The third-order valence-corrected chi connectivity index (χ3v) is 4.55. The van der Waals surface area contributed by atoms with Gasteiger partial charge in [-0.25, -0.2) is 8.78 Å². The Balaban J connectivity index is 2.01. The topological polar surface area (TPSA) is 83.0 Å². The second kappa shape index (κ2) is 7.62. The summed E-state index contributed by atoms with van der Waals surface area (Å²) in [5, 5.41) is 8.30. The molecule has 1 amide bonds. The number of halogens is 2. The maximum absolute atomic E-state index is 14.6. The van der Waals surface area contributed by atoms with Gasteiger partial charge in [0.2, 0.25) is 5.91 Å². The van der Waals surface area contributed by atoms with Crippen molar-refractivity contribution in [2.45, 2.75) is 39.8 Å². The van der Waals surface area contributed by atoms with Crippen LogP contribution < -0.4 is 10.5 Å². The normalized spacial score (nSPS) is 11.5. The van der Waals surface area contributed by atoms with E-state index >= 15 is 0 Å². The molecule has 0 radical (unpaired) electrons. The molecule has 0 fully saturated rings. The Hall–Kier alpha value is -3.29. The first-order chi connectivity index (χ1) is 13.6. The zero-order valence-electron chi connectivity index (χ0n) is 16.7. The molecule has 0 saturated heterocycles. The fourth-order valence-electron chi connectivity index (χ4n) is 3.11. The first-order valence-electron chi connectivity index (χ1n) is 9.12. The zero-order valence-corrected chi connectivity index (χ0v) is 16.7. The zero-order chi connectivity index (χ0) is 21.3. The summed E-state index contributed by atoms with van der Waals surface area (Å²) in [5.74, 6) is -1.06. The molecule has 3 aromatic rings. The molecule has 0 bridgehead atoms. The molecule has 0 unspecified atom stereocenters. The van der Waals surface area contributed by atoms with Gasteiger partial charge in [-0.2, -0.15) is 0 Å². The average Bonchev–Trinajstić information content (AvgIpc) is 3.08. The predicted octanol–water partition coefficient (Wildman–Crippen LogP) is 3.96. The van der Waals surface area contributed by atoms with Gasteiger partial charge in [0.25, 0.3) is 0 Å². The molecule has 8 heteroatoms. The number of nitrogens with zero attached hydrogens (tertiary/aromatic N) is 3. The lowest BCUT2D eigenvalue weighted by Crippen LogP contribution is -2.30. The van der Waals surface area contributed by atoms with E-state index in [1.165, 1.54) is 18.2 Å². The van der Waals surface area contributed by atoms with Gasteiger partial charge in [-0.1, -0.05) is 6.07 Å². The van der Waals surface area contributed by atoms with Crippen LogP contribution in [0.4, 0.5) is 8.78 Å². The van der Waals surface area contributed by atoms with Gasteiger partial charge in [0.15, 0.2) is 28.8 Å². The van der Waals surface area contributed by atoms with Crippen molar-refractivity contribution in [3.63, 3.8) is 0 Å². The number of hydrogen-bond acceptors (Lipinski definition) is 4. The molecule has 2 aromatic carbocycles. The summed E-state index contributed by atoms with van der Waals surface area (Å²) >= 11 is 0. The second-order valence-electron chi connectivity index (χ2n) is 7.20. The van der Waals surface area contributed by atoms with Crippen molar-refractivity contribution in [2.75, 3.05) is 0 Å². The SMILES string of the molecule is CCn1c(-c2ccc(C(N)=O)cc2F)nnc1C(C)(C)Oc1ccc(C)cc1F. The highest BCUT2D eigenvalue weighted by atomic mass is 19.1. The van der Waals surface area contributed by atoms with Gasteiger partial charge in [-0.15, -0.1) is 10.2 Å². The van der Waals surface area contributed by atoms with E-state index in [2.05, 4.69) is 10.2 Å². The van der Waals surface area contributed by atoms with E-state index in [9.17, 15) is 13.6 Å². The van der Waals surface area contributed by atoms with Crippen LogP contribution in [0.15, 0.2) is 36.4 Å². The molecular formula is C21H22F2N4O2. The number of rotatable bonds is 6. The van der Waals surface area contributed by atoms with Gasteiger partial charge >= 0.3 is 0 Å². The number of nitrogens with two attached hydrogens (primary N) is 1. The van der Waals surface area contributed by atoms with E-state index < -0.39 is 23.1 Å². The number of aryl methyl sites for hydroxylation is 1. The summed E-state index contributed by atoms with van der Waals surface area (Å²) in [6, 6.07) is 8.62. The Labute approximate surface area is 167 Å². The van der Waals surface area contributed by atoms with E-state index in [0.717, 1.165) is 11.6 Å². The monoisotopic (exact) mass is 400 g/mol. The van der Waals surface area contributed by atoms with E-state index in [1.807, 2.05) is 6.92 Å².